The zero-order valence-electron chi connectivity index (χ0n) is 11.2. The fraction of sp³-hybridized carbons (Fsp3) is 0.615. The molecular formula is C13H19N5O. The van der Waals surface area contributed by atoms with Crippen LogP contribution in [0.25, 0.3) is 11.5 Å². The van der Waals surface area contributed by atoms with Gasteiger partial charge in [-0.05, 0) is 25.8 Å². The van der Waals surface area contributed by atoms with Crippen molar-refractivity contribution in [1.29, 1.82) is 0 Å². The number of nitrogens with one attached hydrogen (secondary N) is 1. The largest absolute Gasteiger partial charge is 0.339 e. The van der Waals surface area contributed by atoms with E-state index in [9.17, 15) is 0 Å². The lowest BCUT2D eigenvalue weighted by Gasteiger charge is -2.22. The first-order valence-corrected chi connectivity index (χ1v) is 6.85. The Balaban J connectivity index is 1.60. The Morgan fingerprint density at radius 1 is 1.47 bits per heavy atom. The van der Waals surface area contributed by atoms with Gasteiger partial charge in [-0.1, -0.05) is 11.6 Å². The number of aryl methyl sites for hydroxylation is 2. The van der Waals surface area contributed by atoms with E-state index in [2.05, 4.69) is 20.4 Å². The van der Waals surface area contributed by atoms with Crippen molar-refractivity contribution in [2.45, 2.75) is 38.1 Å². The van der Waals surface area contributed by atoms with Crippen LogP contribution in [0.4, 0.5) is 0 Å². The van der Waals surface area contributed by atoms with E-state index >= 15 is 0 Å². The Labute approximate surface area is 112 Å². The molecule has 102 valence electrons. The van der Waals surface area contributed by atoms with Gasteiger partial charge in [0.15, 0.2) is 0 Å². The normalized spacial score (nSPS) is 19.7. The first-order valence-electron chi connectivity index (χ1n) is 6.85. The molecule has 6 heteroatoms. The van der Waals surface area contributed by atoms with Crippen molar-refractivity contribution in [2.24, 2.45) is 7.05 Å². The molecule has 19 heavy (non-hydrogen) atoms. The fourth-order valence-electron chi connectivity index (χ4n) is 2.50. The highest BCUT2D eigenvalue weighted by atomic mass is 16.5. The van der Waals surface area contributed by atoms with Crippen LogP contribution in [0.1, 0.15) is 31.6 Å². The second-order valence-electron chi connectivity index (χ2n) is 5.09. The van der Waals surface area contributed by atoms with Crippen LogP contribution in [-0.2, 0) is 13.5 Å². The number of piperidine rings is 1. The third-order valence-electron chi connectivity index (χ3n) is 3.63. The van der Waals surface area contributed by atoms with Crippen LogP contribution in [0.3, 0.4) is 0 Å². The molecule has 0 spiro atoms. The second-order valence-corrected chi connectivity index (χ2v) is 5.09. The molecule has 0 saturated carbocycles. The van der Waals surface area contributed by atoms with E-state index in [-0.39, 0.29) is 0 Å². The Bertz CT molecular complexity index is 527. The summed E-state index contributed by atoms with van der Waals surface area (Å²) in [5.41, 5.74) is 0.880. The molecule has 1 aliphatic rings. The van der Waals surface area contributed by atoms with Crippen LogP contribution in [0.5, 0.6) is 0 Å². The minimum absolute atomic E-state index is 0.598. The summed E-state index contributed by atoms with van der Waals surface area (Å²) in [5, 5.41) is 7.54. The Kier molecular flexibility index (Phi) is 3.59. The fourth-order valence-corrected chi connectivity index (χ4v) is 2.50. The van der Waals surface area contributed by atoms with Gasteiger partial charge in [0.2, 0.25) is 11.7 Å². The van der Waals surface area contributed by atoms with Crippen molar-refractivity contribution in [3.63, 3.8) is 0 Å². The van der Waals surface area contributed by atoms with Crippen LogP contribution < -0.4 is 5.32 Å². The van der Waals surface area contributed by atoms with Crippen LogP contribution in [0, 0.1) is 0 Å². The summed E-state index contributed by atoms with van der Waals surface area (Å²) >= 11 is 0. The Hall–Kier alpha value is -1.69. The van der Waals surface area contributed by atoms with Crippen molar-refractivity contribution >= 4 is 0 Å². The number of rotatable bonds is 4. The third kappa shape index (κ3) is 2.84. The lowest BCUT2D eigenvalue weighted by molar-refractivity contribution is 0.342. The molecule has 6 nitrogen and oxygen atoms in total. The smallest absolute Gasteiger partial charge is 0.227 e. The van der Waals surface area contributed by atoms with E-state index in [1.54, 1.807) is 12.5 Å². The lowest BCUT2D eigenvalue weighted by Crippen LogP contribution is -2.34. The van der Waals surface area contributed by atoms with Crippen molar-refractivity contribution in [3.05, 3.63) is 18.4 Å². The summed E-state index contributed by atoms with van der Waals surface area (Å²) in [5.74, 6) is 1.33. The maximum absolute atomic E-state index is 5.30. The minimum atomic E-state index is 0.598. The highest BCUT2D eigenvalue weighted by Crippen LogP contribution is 2.16. The molecule has 1 atom stereocenters. The van der Waals surface area contributed by atoms with Crippen LogP contribution in [0.15, 0.2) is 17.0 Å². The van der Waals surface area contributed by atoms with Gasteiger partial charge in [-0.3, -0.25) is 0 Å². The summed E-state index contributed by atoms with van der Waals surface area (Å²) in [6, 6.07) is 0.598. The van der Waals surface area contributed by atoms with E-state index in [1.165, 1.54) is 19.3 Å². The zero-order valence-corrected chi connectivity index (χ0v) is 11.2. The summed E-state index contributed by atoms with van der Waals surface area (Å²) in [7, 11) is 1.92. The molecule has 0 aliphatic carbocycles. The van der Waals surface area contributed by atoms with Crippen LogP contribution >= 0.6 is 0 Å². The average molecular weight is 261 g/mol. The molecule has 3 heterocycles. The van der Waals surface area contributed by atoms with Crippen molar-refractivity contribution < 1.29 is 4.52 Å². The summed E-state index contributed by atoms with van der Waals surface area (Å²) in [6.45, 7) is 1.13. The van der Waals surface area contributed by atoms with E-state index in [4.69, 9.17) is 4.52 Å². The van der Waals surface area contributed by atoms with Gasteiger partial charge in [-0.2, -0.15) is 4.98 Å². The molecule has 0 aromatic carbocycles. The number of imidazole rings is 1. The van der Waals surface area contributed by atoms with Gasteiger partial charge in [0, 0.05) is 19.5 Å². The predicted molar refractivity (Wildman–Crippen MR) is 70.5 cm³/mol. The SMILES string of the molecule is Cn1cncc1-c1noc(CCC2CCCCN2)n1. The molecule has 1 unspecified atom stereocenters. The van der Waals surface area contributed by atoms with E-state index < -0.39 is 0 Å². The van der Waals surface area contributed by atoms with Crippen LogP contribution in [0.2, 0.25) is 0 Å². The van der Waals surface area contributed by atoms with Gasteiger partial charge in [0.25, 0.3) is 0 Å². The molecule has 2 aromatic heterocycles. The van der Waals surface area contributed by atoms with Gasteiger partial charge in [-0.15, -0.1) is 0 Å². The first-order chi connectivity index (χ1) is 9.33. The summed E-state index contributed by atoms with van der Waals surface area (Å²) < 4.78 is 7.19. The molecule has 1 saturated heterocycles. The molecule has 0 bridgehead atoms. The Morgan fingerprint density at radius 3 is 3.16 bits per heavy atom. The van der Waals surface area contributed by atoms with Gasteiger partial charge in [-0.25, -0.2) is 4.98 Å². The average Bonchev–Trinajstić information content (AvgIpc) is 3.06. The Morgan fingerprint density at radius 2 is 2.42 bits per heavy atom. The summed E-state index contributed by atoms with van der Waals surface area (Å²) in [6.07, 6.45) is 9.25. The number of aromatic nitrogens is 4. The highest BCUT2D eigenvalue weighted by molar-refractivity contribution is 5.46. The minimum Gasteiger partial charge on any atom is -0.339 e. The zero-order chi connectivity index (χ0) is 13.1. The quantitative estimate of drug-likeness (QED) is 0.904. The molecule has 1 aliphatic heterocycles. The van der Waals surface area contributed by atoms with E-state index in [1.807, 2.05) is 11.6 Å². The van der Waals surface area contributed by atoms with E-state index in [0.717, 1.165) is 25.1 Å². The molecule has 0 amide bonds. The molecular weight excluding hydrogens is 242 g/mol. The highest BCUT2D eigenvalue weighted by Gasteiger charge is 2.15. The molecule has 1 fully saturated rings. The maximum atomic E-state index is 5.30. The first kappa shape index (κ1) is 12.3. The maximum Gasteiger partial charge on any atom is 0.227 e. The molecule has 3 rings (SSSR count). The number of nitrogens with zero attached hydrogens (tertiary/aromatic N) is 4. The summed E-state index contributed by atoms with van der Waals surface area (Å²) in [4.78, 5) is 8.49. The number of hydrogen-bond acceptors (Lipinski definition) is 5. The van der Waals surface area contributed by atoms with E-state index in [0.29, 0.717) is 17.8 Å². The molecule has 2 aromatic rings. The lowest BCUT2D eigenvalue weighted by atomic mass is 10.0. The van der Waals surface area contributed by atoms with Gasteiger partial charge < -0.3 is 14.4 Å². The van der Waals surface area contributed by atoms with Crippen molar-refractivity contribution in [2.75, 3.05) is 6.54 Å². The molecule has 1 N–H and O–H groups in total. The third-order valence-corrected chi connectivity index (χ3v) is 3.63. The topological polar surface area (TPSA) is 68.8 Å². The van der Waals surface area contributed by atoms with Crippen molar-refractivity contribution in [1.82, 2.24) is 25.0 Å². The van der Waals surface area contributed by atoms with Gasteiger partial charge in [0.05, 0.1) is 12.5 Å². The van der Waals surface area contributed by atoms with Gasteiger partial charge >= 0.3 is 0 Å². The second kappa shape index (κ2) is 5.52. The number of hydrogen-bond donors (Lipinski definition) is 1. The standard InChI is InChI=1S/C13H19N5O/c1-18-9-14-8-11(18)13-16-12(19-17-13)6-5-10-4-2-3-7-15-10/h8-10,15H,2-7H2,1H3. The van der Waals surface area contributed by atoms with Crippen molar-refractivity contribution in [3.8, 4) is 11.5 Å². The van der Waals surface area contributed by atoms with Gasteiger partial charge in [0.1, 0.15) is 5.69 Å². The predicted octanol–water partition coefficient (Wildman–Crippen LogP) is 1.54. The monoisotopic (exact) mass is 261 g/mol. The molecule has 0 radical (unpaired) electrons. The van der Waals surface area contributed by atoms with Crippen LogP contribution in [-0.4, -0.2) is 32.3 Å².